The van der Waals surface area contributed by atoms with Crippen molar-refractivity contribution in [2.45, 2.75) is 26.4 Å². The van der Waals surface area contributed by atoms with E-state index in [1.807, 2.05) is 6.20 Å². The van der Waals surface area contributed by atoms with Crippen LogP contribution in [-0.2, 0) is 19.5 Å². The first-order valence-electron chi connectivity index (χ1n) is 10.1. The number of rotatable bonds is 4. The predicted octanol–water partition coefficient (Wildman–Crippen LogP) is 3.96. The summed E-state index contributed by atoms with van der Waals surface area (Å²) in [4.78, 5) is 27.0. The standard InChI is InChI=1S/C24H22N4O2/c1-16-4-7-18(8-5-16)20-9-6-17(13-25-20)14-28-11-10-21-19(15-28)24(29)27-23(26-21)22-3-2-12-30-22/h2-9,12-13H,10-11,14-15H2,1H3,(H,26,27,29). The molecule has 0 amide bonds. The zero-order valence-corrected chi connectivity index (χ0v) is 16.8. The molecule has 0 radical (unpaired) electrons. The summed E-state index contributed by atoms with van der Waals surface area (Å²) in [6, 6.07) is 16.1. The largest absolute Gasteiger partial charge is 0.461 e. The van der Waals surface area contributed by atoms with Crippen LogP contribution in [0.3, 0.4) is 0 Å². The molecule has 0 aliphatic carbocycles. The lowest BCUT2D eigenvalue weighted by Crippen LogP contribution is -2.35. The third-order valence-corrected chi connectivity index (χ3v) is 5.48. The lowest BCUT2D eigenvalue weighted by molar-refractivity contribution is 0.241. The Bertz CT molecular complexity index is 1210. The Balaban J connectivity index is 1.31. The number of nitrogens with zero attached hydrogens (tertiary/aromatic N) is 3. The Morgan fingerprint density at radius 2 is 2.00 bits per heavy atom. The number of aromatic amines is 1. The maximum Gasteiger partial charge on any atom is 0.256 e. The van der Waals surface area contributed by atoms with Gasteiger partial charge in [0.25, 0.3) is 5.56 Å². The van der Waals surface area contributed by atoms with E-state index in [-0.39, 0.29) is 5.56 Å². The SMILES string of the molecule is Cc1ccc(-c2ccc(CN3CCc4nc(-c5ccco5)[nH]c(=O)c4C3)cn2)cc1. The minimum atomic E-state index is -0.0936. The van der Waals surface area contributed by atoms with Crippen molar-refractivity contribution < 1.29 is 4.42 Å². The average Bonchev–Trinajstić information content (AvgIpc) is 3.30. The average molecular weight is 398 g/mol. The first kappa shape index (κ1) is 18.5. The molecule has 0 unspecified atom stereocenters. The molecule has 4 aromatic rings. The normalized spacial score (nSPS) is 13.9. The van der Waals surface area contributed by atoms with E-state index in [0.717, 1.165) is 47.6 Å². The fourth-order valence-corrected chi connectivity index (χ4v) is 3.82. The molecule has 3 aromatic heterocycles. The van der Waals surface area contributed by atoms with E-state index in [1.165, 1.54) is 5.56 Å². The number of pyridine rings is 1. The minimum Gasteiger partial charge on any atom is -0.461 e. The second-order valence-corrected chi connectivity index (χ2v) is 7.70. The van der Waals surface area contributed by atoms with Crippen molar-refractivity contribution in [3.8, 4) is 22.8 Å². The molecule has 1 aliphatic rings. The van der Waals surface area contributed by atoms with E-state index in [1.54, 1.807) is 18.4 Å². The number of hydrogen-bond acceptors (Lipinski definition) is 5. The van der Waals surface area contributed by atoms with Crippen molar-refractivity contribution >= 4 is 0 Å². The van der Waals surface area contributed by atoms with Gasteiger partial charge in [-0.15, -0.1) is 0 Å². The molecule has 0 fully saturated rings. The van der Waals surface area contributed by atoms with Gasteiger partial charge in [0.2, 0.25) is 0 Å². The second-order valence-electron chi connectivity index (χ2n) is 7.70. The highest BCUT2D eigenvalue weighted by Crippen LogP contribution is 2.21. The van der Waals surface area contributed by atoms with Crippen LogP contribution in [0, 0.1) is 6.92 Å². The van der Waals surface area contributed by atoms with Crippen molar-refractivity contribution in [3.05, 3.63) is 93.7 Å². The zero-order valence-electron chi connectivity index (χ0n) is 16.8. The van der Waals surface area contributed by atoms with E-state index in [4.69, 9.17) is 4.42 Å². The number of hydrogen-bond donors (Lipinski definition) is 1. The van der Waals surface area contributed by atoms with Gasteiger partial charge in [-0.2, -0.15) is 0 Å². The molecular formula is C24H22N4O2. The molecule has 0 spiro atoms. The van der Waals surface area contributed by atoms with Gasteiger partial charge in [0, 0.05) is 37.8 Å². The Morgan fingerprint density at radius 3 is 2.73 bits per heavy atom. The molecule has 0 atom stereocenters. The summed E-state index contributed by atoms with van der Waals surface area (Å²) in [5.41, 5.74) is 5.95. The molecule has 1 aliphatic heterocycles. The van der Waals surface area contributed by atoms with Crippen LogP contribution in [0.5, 0.6) is 0 Å². The van der Waals surface area contributed by atoms with Crippen molar-refractivity contribution in [3.63, 3.8) is 0 Å². The van der Waals surface area contributed by atoms with Gasteiger partial charge in [-0.25, -0.2) is 4.98 Å². The van der Waals surface area contributed by atoms with Crippen LogP contribution in [0.4, 0.5) is 0 Å². The second kappa shape index (κ2) is 7.72. The lowest BCUT2D eigenvalue weighted by atomic mass is 10.1. The van der Waals surface area contributed by atoms with Crippen LogP contribution >= 0.6 is 0 Å². The smallest absolute Gasteiger partial charge is 0.256 e. The topological polar surface area (TPSA) is 75.0 Å². The van der Waals surface area contributed by atoms with Gasteiger partial charge in [-0.05, 0) is 30.7 Å². The molecule has 1 N–H and O–H groups in total. The summed E-state index contributed by atoms with van der Waals surface area (Å²) in [6.45, 7) is 4.26. The number of fused-ring (bicyclic) bond motifs is 1. The summed E-state index contributed by atoms with van der Waals surface area (Å²) in [5.74, 6) is 1.07. The summed E-state index contributed by atoms with van der Waals surface area (Å²) >= 11 is 0. The van der Waals surface area contributed by atoms with Crippen LogP contribution in [0.2, 0.25) is 0 Å². The molecule has 1 aromatic carbocycles. The molecule has 150 valence electrons. The molecule has 0 bridgehead atoms. The highest BCUT2D eigenvalue weighted by Gasteiger charge is 2.22. The van der Waals surface area contributed by atoms with Gasteiger partial charge in [0.1, 0.15) is 0 Å². The van der Waals surface area contributed by atoms with Gasteiger partial charge in [-0.1, -0.05) is 35.9 Å². The first-order chi connectivity index (χ1) is 14.7. The number of aryl methyl sites for hydroxylation is 1. The lowest BCUT2D eigenvalue weighted by Gasteiger charge is -2.27. The fraction of sp³-hybridized carbons (Fsp3) is 0.208. The highest BCUT2D eigenvalue weighted by molar-refractivity contribution is 5.59. The quantitative estimate of drug-likeness (QED) is 0.563. The molecule has 0 saturated carbocycles. The first-order valence-corrected chi connectivity index (χ1v) is 10.1. The summed E-state index contributed by atoms with van der Waals surface area (Å²) in [5, 5.41) is 0. The van der Waals surface area contributed by atoms with E-state index in [0.29, 0.717) is 18.1 Å². The number of benzene rings is 1. The summed E-state index contributed by atoms with van der Waals surface area (Å²) in [7, 11) is 0. The van der Waals surface area contributed by atoms with Gasteiger partial charge in [0.15, 0.2) is 11.6 Å². The maximum atomic E-state index is 12.6. The number of aromatic nitrogens is 3. The Kier molecular flexibility index (Phi) is 4.77. The minimum absolute atomic E-state index is 0.0936. The van der Waals surface area contributed by atoms with Crippen molar-refractivity contribution in [1.82, 2.24) is 19.9 Å². The number of nitrogens with one attached hydrogen (secondary N) is 1. The Morgan fingerprint density at radius 1 is 1.13 bits per heavy atom. The zero-order chi connectivity index (χ0) is 20.5. The molecule has 30 heavy (non-hydrogen) atoms. The van der Waals surface area contributed by atoms with E-state index >= 15 is 0 Å². The van der Waals surface area contributed by atoms with Gasteiger partial charge < -0.3 is 9.40 Å². The van der Waals surface area contributed by atoms with Crippen LogP contribution in [0.25, 0.3) is 22.8 Å². The van der Waals surface area contributed by atoms with Gasteiger partial charge in [-0.3, -0.25) is 14.7 Å². The summed E-state index contributed by atoms with van der Waals surface area (Å²) < 4.78 is 5.36. The third kappa shape index (κ3) is 3.69. The molecule has 4 heterocycles. The molecule has 0 saturated heterocycles. The third-order valence-electron chi connectivity index (χ3n) is 5.48. The van der Waals surface area contributed by atoms with Crippen molar-refractivity contribution in [1.29, 1.82) is 0 Å². The number of furan rings is 1. The monoisotopic (exact) mass is 398 g/mol. The Hall–Kier alpha value is -3.51. The molecule has 5 rings (SSSR count). The van der Waals surface area contributed by atoms with Crippen LogP contribution < -0.4 is 5.56 Å². The number of H-pyrrole nitrogens is 1. The molecule has 6 heteroatoms. The fourth-order valence-electron chi connectivity index (χ4n) is 3.82. The van der Waals surface area contributed by atoms with Crippen molar-refractivity contribution in [2.75, 3.05) is 6.54 Å². The van der Waals surface area contributed by atoms with Crippen LogP contribution in [0.15, 0.2) is 70.2 Å². The van der Waals surface area contributed by atoms with E-state index in [9.17, 15) is 4.79 Å². The van der Waals surface area contributed by atoms with Gasteiger partial charge >= 0.3 is 0 Å². The van der Waals surface area contributed by atoms with E-state index < -0.39 is 0 Å². The van der Waals surface area contributed by atoms with Gasteiger partial charge in [0.05, 0.1) is 23.2 Å². The highest BCUT2D eigenvalue weighted by atomic mass is 16.3. The Labute approximate surface area is 174 Å². The maximum absolute atomic E-state index is 12.6. The van der Waals surface area contributed by atoms with Crippen molar-refractivity contribution in [2.24, 2.45) is 0 Å². The molecular weight excluding hydrogens is 376 g/mol. The van der Waals surface area contributed by atoms with E-state index in [2.05, 4.69) is 63.2 Å². The summed E-state index contributed by atoms with van der Waals surface area (Å²) in [6.07, 6.45) is 4.24. The van der Waals surface area contributed by atoms with Crippen LogP contribution in [0.1, 0.15) is 22.4 Å². The van der Waals surface area contributed by atoms with Crippen LogP contribution in [-0.4, -0.2) is 26.4 Å². The molecule has 6 nitrogen and oxygen atoms in total. The predicted molar refractivity (Wildman–Crippen MR) is 115 cm³/mol.